The molecule has 10 heavy (non-hydrogen) atoms. The molecular formula is C8H16LiN. The van der Waals surface area contributed by atoms with E-state index in [1.54, 1.807) is 0 Å². The minimum absolute atomic E-state index is 0. The Kier molecular flexibility index (Phi) is 5.53. The van der Waals surface area contributed by atoms with Gasteiger partial charge in [0.1, 0.15) is 0 Å². The van der Waals surface area contributed by atoms with E-state index < -0.39 is 0 Å². The van der Waals surface area contributed by atoms with Gasteiger partial charge in [0, 0.05) is 6.04 Å². The van der Waals surface area contributed by atoms with E-state index in [1.165, 1.54) is 25.8 Å². The summed E-state index contributed by atoms with van der Waals surface area (Å²) in [6.07, 6.45) is 4.16. The first-order chi connectivity index (χ1) is 4.34. The molecule has 54 valence electrons. The van der Waals surface area contributed by atoms with Crippen molar-refractivity contribution in [1.82, 2.24) is 4.90 Å². The monoisotopic (exact) mass is 133 g/mol. The number of nitrogens with zero attached hydrogens (tertiary/aromatic N) is 1. The van der Waals surface area contributed by atoms with Gasteiger partial charge in [-0.3, -0.25) is 0 Å². The maximum Gasteiger partial charge on any atom is 1.00 e. The second-order valence-corrected chi connectivity index (χ2v) is 2.88. The van der Waals surface area contributed by atoms with Crippen molar-refractivity contribution in [3.05, 3.63) is 6.92 Å². The molecule has 0 aromatic rings. The van der Waals surface area contributed by atoms with Crippen LogP contribution in [0.3, 0.4) is 0 Å². The molecule has 0 aromatic carbocycles. The zero-order chi connectivity index (χ0) is 6.69. The number of rotatable bonds is 1. The number of hydrogen-bond donors (Lipinski definition) is 0. The Balaban J connectivity index is 0.000000810. The number of likely N-dealkylation sites (tertiary alicyclic amines) is 1. The van der Waals surface area contributed by atoms with Crippen LogP contribution in [0.25, 0.3) is 0 Å². The fourth-order valence-electron chi connectivity index (χ4n) is 1.49. The Morgan fingerprint density at radius 3 is 2.60 bits per heavy atom. The summed E-state index contributed by atoms with van der Waals surface area (Å²) in [5.41, 5.74) is 0. The molecule has 2 heteroatoms. The van der Waals surface area contributed by atoms with E-state index in [2.05, 4.69) is 18.7 Å². The summed E-state index contributed by atoms with van der Waals surface area (Å²) in [5, 5.41) is 0. The molecular weight excluding hydrogens is 117 g/mol. The van der Waals surface area contributed by atoms with Crippen molar-refractivity contribution in [2.45, 2.75) is 32.2 Å². The fraction of sp³-hybridized carbons (Fsp3) is 0.875. The average Bonchev–Trinajstić information content (AvgIpc) is 1.89. The van der Waals surface area contributed by atoms with Gasteiger partial charge < -0.3 is 11.8 Å². The van der Waals surface area contributed by atoms with Gasteiger partial charge in [0.05, 0.1) is 0 Å². The first-order valence-electron chi connectivity index (χ1n) is 3.88. The standard InChI is InChI=1S/C8H16N.Li/c1-3-9-7-5-4-6-8(9)2;/h8H,1,3-7H2,2H3;/q-1;+1. The summed E-state index contributed by atoms with van der Waals surface area (Å²) in [5.74, 6) is 0. The van der Waals surface area contributed by atoms with Crippen LogP contribution in [0.15, 0.2) is 0 Å². The summed E-state index contributed by atoms with van der Waals surface area (Å²) < 4.78 is 0. The van der Waals surface area contributed by atoms with Gasteiger partial charge in [-0.05, 0) is 26.3 Å². The summed E-state index contributed by atoms with van der Waals surface area (Å²) in [7, 11) is 0. The topological polar surface area (TPSA) is 3.24 Å². The van der Waals surface area contributed by atoms with Crippen LogP contribution in [-0.2, 0) is 0 Å². The zero-order valence-electron chi connectivity index (χ0n) is 7.27. The van der Waals surface area contributed by atoms with Crippen LogP contribution >= 0.6 is 0 Å². The van der Waals surface area contributed by atoms with E-state index in [1.807, 2.05) is 0 Å². The summed E-state index contributed by atoms with van der Waals surface area (Å²) >= 11 is 0. The SMILES string of the molecule is [CH2-]CN1CCCCC1C.[Li+]. The average molecular weight is 133 g/mol. The van der Waals surface area contributed by atoms with Crippen LogP contribution in [0.4, 0.5) is 0 Å². The molecule has 1 unspecified atom stereocenters. The molecule has 0 aromatic heterocycles. The van der Waals surface area contributed by atoms with Gasteiger partial charge >= 0.3 is 18.9 Å². The van der Waals surface area contributed by atoms with Crippen LogP contribution in [0.5, 0.6) is 0 Å². The predicted molar refractivity (Wildman–Crippen MR) is 40.2 cm³/mol. The third-order valence-electron chi connectivity index (χ3n) is 2.23. The molecule has 0 amide bonds. The number of hydrogen-bond acceptors (Lipinski definition) is 1. The molecule has 0 aliphatic carbocycles. The van der Waals surface area contributed by atoms with Crippen molar-refractivity contribution in [2.75, 3.05) is 13.1 Å². The Hall–Kier alpha value is 0.557. The van der Waals surface area contributed by atoms with E-state index >= 15 is 0 Å². The Bertz CT molecular complexity index is 85.3. The molecule has 0 radical (unpaired) electrons. The third-order valence-corrected chi connectivity index (χ3v) is 2.23. The first kappa shape index (κ1) is 10.6. The van der Waals surface area contributed by atoms with Crippen molar-refractivity contribution in [1.29, 1.82) is 0 Å². The molecule has 1 aliphatic rings. The molecule has 1 atom stereocenters. The first-order valence-corrected chi connectivity index (χ1v) is 3.88. The van der Waals surface area contributed by atoms with E-state index in [4.69, 9.17) is 0 Å². The van der Waals surface area contributed by atoms with Gasteiger partial charge in [0.25, 0.3) is 0 Å². The van der Waals surface area contributed by atoms with Crippen LogP contribution < -0.4 is 18.9 Å². The predicted octanol–water partition coefficient (Wildman–Crippen LogP) is -1.30. The zero-order valence-corrected chi connectivity index (χ0v) is 7.27. The molecule has 0 bridgehead atoms. The molecule has 0 spiro atoms. The van der Waals surface area contributed by atoms with E-state index in [0.717, 1.165) is 12.6 Å². The minimum Gasteiger partial charge on any atom is -0.330 e. The van der Waals surface area contributed by atoms with Crippen molar-refractivity contribution in [3.8, 4) is 0 Å². The van der Waals surface area contributed by atoms with Gasteiger partial charge in [-0.1, -0.05) is 6.42 Å². The van der Waals surface area contributed by atoms with Gasteiger partial charge in [-0.2, -0.15) is 0 Å². The molecule has 1 rings (SSSR count). The van der Waals surface area contributed by atoms with Crippen molar-refractivity contribution >= 4 is 0 Å². The molecule has 0 N–H and O–H groups in total. The third kappa shape index (κ3) is 2.66. The normalized spacial score (nSPS) is 27.6. The van der Waals surface area contributed by atoms with E-state index in [-0.39, 0.29) is 18.9 Å². The van der Waals surface area contributed by atoms with Gasteiger partial charge in [-0.15, -0.1) is 6.54 Å². The van der Waals surface area contributed by atoms with Crippen LogP contribution in [-0.4, -0.2) is 24.0 Å². The molecule has 1 nitrogen and oxygen atoms in total. The van der Waals surface area contributed by atoms with Gasteiger partial charge in [0.2, 0.25) is 0 Å². The Morgan fingerprint density at radius 1 is 1.50 bits per heavy atom. The van der Waals surface area contributed by atoms with Crippen LogP contribution in [0.1, 0.15) is 26.2 Å². The van der Waals surface area contributed by atoms with Crippen molar-refractivity contribution < 1.29 is 18.9 Å². The Labute approximate surface area is 76.3 Å². The maximum absolute atomic E-state index is 3.89. The van der Waals surface area contributed by atoms with Crippen LogP contribution in [0.2, 0.25) is 0 Å². The molecule has 0 saturated carbocycles. The molecule has 1 aliphatic heterocycles. The molecule has 1 fully saturated rings. The second-order valence-electron chi connectivity index (χ2n) is 2.88. The van der Waals surface area contributed by atoms with E-state index in [0.29, 0.717) is 0 Å². The fourth-order valence-corrected chi connectivity index (χ4v) is 1.49. The second kappa shape index (κ2) is 5.24. The quantitative estimate of drug-likeness (QED) is 0.317. The van der Waals surface area contributed by atoms with Gasteiger partial charge in [0.15, 0.2) is 0 Å². The van der Waals surface area contributed by atoms with Crippen molar-refractivity contribution in [2.24, 2.45) is 0 Å². The summed E-state index contributed by atoms with van der Waals surface area (Å²) in [6, 6.07) is 0.788. The molecule has 1 heterocycles. The minimum atomic E-state index is 0. The Morgan fingerprint density at radius 2 is 2.20 bits per heavy atom. The molecule has 1 saturated heterocycles. The summed E-state index contributed by atoms with van der Waals surface area (Å²) in [4.78, 5) is 2.45. The summed E-state index contributed by atoms with van der Waals surface area (Å²) in [6.45, 7) is 8.44. The van der Waals surface area contributed by atoms with Gasteiger partial charge in [-0.25, -0.2) is 0 Å². The number of piperidine rings is 1. The largest absolute Gasteiger partial charge is 1.00 e. The maximum atomic E-state index is 3.89. The smallest absolute Gasteiger partial charge is 0.330 e. The van der Waals surface area contributed by atoms with Crippen molar-refractivity contribution in [3.63, 3.8) is 0 Å². The van der Waals surface area contributed by atoms with E-state index in [9.17, 15) is 0 Å². The van der Waals surface area contributed by atoms with Crippen LogP contribution in [0, 0.1) is 6.92 Å².